The van der Waals surface area contributed by atoms with Crippen LogP contribution < -0.4 is 10.1 Å². The van der Waals surface area contributed by atoms with Gasteiger partial charge in [0.05, 0.1) is 19.7 Å². The Hall–Kier alpha value is -2.97. The summed E-state index contributed by atoms with van der Waals surface area (Å²) < 4.78 is 11.9. The molecule has 0 bridgehead atoms. The fourth-order valence-corrected chi connectivity index (χ4v) is 6.48. The molecule has 8 heteroatoms. The van der Waals surface area contributed by atoms with Crippen molar-refractivity contribution >= 4 is 38.7 Å². The van der Waals surface area contributed by atoms with Crippen LogP contribution in [0.15, 0.2) is 59.1 Å². The van der Waals surface area contributed by atoms with Crippen LogP contribution in [-0.4, -0.2) is 62.2 Å². The van der Waals surface area contributed by atoms with Gasteiger partial charge in [-0.2, -0.15) is 0 Å². The minimum atomic E-state index is -1.07. The number of likely N-dealkylation sites (tertiary alicyclic amines) is 1. The summed E-state index contributed by atoms with van der Waals surface area (Å²) in [5, 5.41) is 4.42. The first-order chi connectivity index (χ1) is 18.4. The lowest BCUT2D eigenvalue weighted by Gasteiger charge is -2.45. The Morgan fingerprint density at radius 1 is 1.05 bits per heavy atom. The predicted octanol–water partition coefficient (Wildman–Crippen LogP) is 4.92. The molecule has 3 heterocycles. The third-order valence-electron chi connectivity index (χ3n) is 8.21. The summed E-state index contributed by atoms with van der Waals surface area (Å²) in [6.45, 7) is 3.33. The Labute approximate surface area is 232 Å². The average molecular weight is 581 g/mol. The van der Waals surface area contributed by atoms with E-state index < -0.39 is 17.8 Å². The number of fused-ring (bicyclic) bond motifs is 1. The summed E-state index contributed by atoms with van der Waals surface area (Å²) in [5.74, 6) is -2.07. The maximum Gasteiger partial charge on any atom is 0.319 e. The van der Waals surface area contributed by atoms with Crippen molar-refractivity contribution in [3.05, 3.63) is 70.2 Å². The summed E-state index contributed by atoms with van der Waals surface area (Å²) in [7, 11) is 2.91. The van der Waals surface area contributed by atoms with Crippen LogP contribution in [-0.2, 0) is 14.3 Å². The monoisotopic (exact) mass is 579 g/mol. The SMILES string of the molecule is COC(=O)C(C(=O)N1CCC2(CCCNC2)CC1)C(c1ccccc1)c1cc2cc(Br)ccc2nc1OC. The van der Waals surface area contributed by atoms with Crippen molar-refractivity contribution in [1.82, 2.24) is 15.2 Å². The van der Waals surface area contributed by atoms with Gasteiger partial charge in [-0.15, -0.1) is 0 Å². The van der Waals surface area contributed by atoms with Crippen LogP contribution >= 0.6 is 15.9 Å². The molecule has 2 aliphatic heterocycles. The third kappa shape index (κ3) is 5.29. The minimum Gasteiger partial charge on any atom is -0.481 e. The Morgan fingerprint density at radius 2 is 1.82 bits per heavy atom. The number of piperidine rings is 2. The number of carbonyl (C=O) groups excluding carboxylic acids is 2. The molecule has 38 heavy (non-hydrogen) atoms. The molecule has 3 aromatic rings. The minimum absolute atomic E-state index is 0.208. The molecule has 2 unspecified atom stereocenters. The van der Waals surface area contributed by atoms with Gasteiger partial charge in [0.25, 0.3) is 0 Å². The highest BCUT2D eigenvalue weighted by atomic mass is 79.9. The molecule has 2 saturated heterocycles. The molecule has 5 rings (SSSR count). The Kier molecular flexibility index (Phi) is 8.00. The van der Waals surface area contributed by atoms with Gasteiger partial charge in [-0.3, -0.25) is 9.59 Å². The van der Waals surface area contributed by atoms with Crippen LogP contribution in [0.2, 0.25) is 0 Å². The number of hydrogen-bond acceptors (Lipinski definition) is 6. The van der Waals surface area contributed by atoms with Gasteiger partial charge in [0.15, 0.2) is 0 Å². The lowest BCUT2D eigenvalue weighted by Crippen LogP contribution is -2.52. The molecular formula is C30H34BrN3O4. The molecule has 1 aromatic heterocycles. The van der Waals surface area contributed by atoms with E-state index in [-0.39, 0.29) is 11.3 Å². The van der Waals surface area contributed by atoms with Crippen LogP contribution in [0.1, 0.15) is 42.7 Å². The number of nitrogens with one attached hydrogen (secondary N) is 1. The van der Waals surface area contributed by atoms with Crippen molar-refractivity contribution in [2.24, 2.45) is 11.3 Å². The second-order valence-electron chi connectivity index (χ2n) is 10.4. The maximum atomic E-state index is 14.2. The average Bonchev–Trinajstić information content (AvgIpc) is 2.95. The van der Waals surface area contributed by atoms with Crippen LogP contribution in [0.4, 0.5) is 0 Å². The number of benzene rings is 2. The predicted molar refractivity (Wildman–Crippen MR) is 150 cm³/mol. The molecule has 2 fully saturated rings. The first-order valence-corrected chi connectivity index (χ1v) is 14.0. The van der Waals surface area contributed by atoms with Crippen molar-refractivity contribution in [2.45, 2.75) is 31.6 Å². The van der Waals surface area contributed by atoms with Crippen molar-refractivity contribution in [3.63, 3.8) is 0 Å². The van der Waals surface area contributed by atoms with Gasteiger partial charge in [0.2, 0.25) is 11.8 Å². The molecule has 1 amide bonds. The van der Waals surface area contributed by atoms with E-state index in [1.807, 2.05) is 59.5 Å². The number of hydrogen-bond donors (Lipinski definition) is 1. The largest absolute Gasteiger partial charge is 0.481 e. The smallest absolute Gasteiger partial charge is 0.319 e. The van der Waals surface area contributed by atoms with E-state index in [1.54, 1.807) is 7.11 Å². The molecule has 7 nitrogen and oxygen atoms in total. The first-order valence-electron chi connectivity index (χ1n) is 13.2. The summed E-state index contributed by atoms with van der Waals surface area (Å²) in [5.41, 5.74) is 2.52. The second-order valence-corrected chi connectivity index (χ2v) is 11.3. The van der Waals surface area contributed by atoms with Gasteiger partial charge in [0, 0.05) is 41.0 Å². The summed E-state index contributed by atoms with van der Waals surface area (Å²) in [4.78, 5) is 34.3. The highest BCUT2D eigenvalue weighted by molar-refractivity contribution is 9.10. The normalized spacial score (nSPS) is 18.7. The zero-order valence-electron chi connectivity index (χ0n) is 21.9. The number of carbonyl (C=O) groups is 2. The zero-order valence-corrected chi connectivity index (χ0v) is 23.5. The molecule has 0 saturated carbocycles. The van der Waals surface area contributed by atoms with E-state index in [2.05, 4.69) is 21.2 Å². The standard InChI is InChI=1S/C30H34BrN3O4/c1-37-27-23(18-21-17-22(31)9-10-24(21)33-27)25(20-7-4-3-5-8-20)26(29(36)38-2)28(35)34-15-12-30(13-16-34)11-6-14-32-19-30/h3-5,7-10,17-18,25-26,32H,6,11-16,19H2,1-2H3. The molecule has 2 aromatic carbocycles. The number of esters is 1. The highest BCUT2D eigenvalue weighted by Gasteiger charge is 2.44. The lowest BCUT2D eigenvalue weighted by molar-refractivity contribution is -0.155. The maximum absolute atomic E-state index is 14.2. The number of methoxy groups -OCH3 is 2. The quantitative estimate of drug-likeness (QED) is 0.330. The summed E-state index contributed by atoms with van der Waals surface area (Å²) in [6, 6.07) is 17.4. The van der Waals surface area contributed by atoms with Crippen molar-refractivity contribution in [3.8, 4) is 5.88 Å². The van der Waals surface area contributed by atoms with Gasteiger partial charge < -0.3 is 19.7 Å². The van der Waals surface area contributed by atoms with Gasteiger partial charge in [-0.1, -0.05) is 46.3 Å². The molecule has 0 aliphatic carbocycles. The van der Waals surface area contributed by atoms with Gasteiger partial charge >= 0.3 is 5.97 Å². The molecule has 1 spiro atoms. The van der Waals surface area contributed by atoms with E-state index in [0.29, 0.717) is 24.5 Å². The number of ether oxygens (including phenoxy) is 2. The molecule has 200 valence electrons. The first kappa shape index (κ1) is 26.6. The molecule has 0 radical (unpaired) electrons. The molecule has 2 atom stereocenters. The van der Waals surface area contributed by atoms with E-state index >= 15 is 0 Å². The Balaban J connectivity index is 1.57. The number of aromatic nitrogens is 1. The number of amides is 1. The highest BCUT2D eigenvalue weighted by Crippen LogP contribution is 2.42. The van der Waals surface area contributed by atoms with Crippen LogP contribution in [0, 0.1) is 11.3 Å². The van der Waals surface area contributed by atoms with Gasteiger partial charge in [0.1, 0.15) is 5.92 Å². The van der Waals surface area contributed by atoms with Gasteiger partial charge in [-0.05, 0) is 67.5 Å². The molecule has 1 N–H and O–H groups in total. The lowest BCUT2D eigenvalue weighted by atomic mass is 9.72. The van der Waals surface area contributed by atoms with Gasteiger partial charge in [-0.25, -0.2) is 4.98 Å². The van der Waals surface area contributed by atoms with Crippen LogP contribution in [0.5, 0.6) is 5.88 Å². The Morgan fingerprint density at radius 3 is 2.47 bits per heavy atom. The number of nitrogens with zero attached hydrogens (tertiary/aromatic N) is 2. The molecular weight excluding hydrogens is 546 g/mol. The van der Waals surface area contributed by atoms with E-state index in [1.165, 1.54) is 20.0 Å². The fraction of sp³-hybridized carbons (Fsp3) is 0.433. The van der Waals surface area contributed by atoms with Crippen LogP contribution in [0.25, 0.3) is 10.9 Å². The number of pyridine rings is 1. The van der Waals surface area contributed by atoms with Crippen molar-refractivity contribution in [2.75, 3.05) is 40.4 Å². The van der Waals surface area contributed by atoms with Crippen molar-refractivity contribution < 1.29 is 19.1 Å². The topological polar surface area (TPSA) is 80.8 Å². The number of rotatable bonds is 6. The third-order valence-corrected chi connectivity index (χ3v) is 8.70. The summed E-state index contributed by atoms with van der Waals surface area (Å²) >= 11 is 3.55. The number of halogens is 1. The van der Waals surface area contributed by atoms with E-state index in [4.69, 9.17) is 14.5 Å². The van der Waals surface area contributed by atoms with E-state index in [9.17, 15) is 9.59 Å². The Bertz CT molecular complexity index is 1300. The zero-order chi connectivity index (χ0) is 26.7. The van der Waals surface area contributed by atoms with Crippen molar-refractivity contribution in [1.29, 1.82) is 0 Å². The second kappa shape index (κ2) is 11.4. The fourth-order valence-electron chi connectivity index (χ4n) is 6.11. The van der Waals surface area contributed by atoms with E-state index in [0.717, 1.165) is 46.9 Å². The molecule has 2 aliphatic rings. The summed E-state index contributed by atoms with van der Waals surface area (Å²) in [6.07, 6.45) is 4.22. The van der Waals surface area contributed by atoms with Crippen LogP contribution in [0.3, 0.4) is 0 Å².